The lowest BCUT2D eigenvalue weighted by Crippen LogP contribution is -2.41. The molecule has 0 spiro atoms. The van der Waals surface area contributed by atoms with Gasteiger partial charge in [-0.15, -0.1) is 0 Å². The lowest BCUT2D eigenvalue weighted by Gasteiger charge is -2.30. The molecule has 7 heteroatoms. The van der Waals surface area contributed by atoms with Crippen LogP contribution in [0.25, 0.3) is 11.1 Å². The van der Waals surface area contributed by atoms with Gasteiger partial charge in [-0.1, -0.05) is 26.8 Å². The van der Waals surface area contributed by atoms with Crippen molar-refractivity contribution < 1.29 is 9.21 Å². The van der Waals surface area contributed by atoms with E-state index in [0.717, 1.165) is 26.2 Å². The number of oxazole rings is 1. The molecule has 1 N–H and O–H groups in total. The van der Waals surface area contributed by atoms with Gasteiger partial charge in [0.1, 0.15) is 5.52 Å². The first-order valence-corrected chi connectivity index (χ1v) is 8.93. The lowest BCUT2D eigenvalue weighted by atomic mass is 9.97. The molecule has 1 aromatic carbocycles. The van der Waals surface area contributed by atoms with E-state index in [2.05, 4.69) is 47.3 Å². The molecule has 0 atom stereocenters. The first-order valence-electron chi connectivity index (χ1n) is 8.15. The highest BCUT2D eigenvalue weighted by Crippen LogP contribution is 2.30. The molecule has 0 aliphatic carbocycles. The zero-order chi connectivity index (χ0) is 17.3. The van der Waals surface area contributed by atoms with Crippen LogP contribution in [0.4, 0.5) is 10.5 Å². The van der Waals surface area contributed by atoms with Gasteiger partial charge in [-0.25, -0.2) is 9.29 Å². The molecule has 0 radical (unpaired) electrons. The van der Waals surface area contributed by atoms with E-state index in [9.17, 15) is 4.79 Å². The fourth-order valence-electron chi connectivity index (χ4n) is 2.50. The maximum atomic E-state index is 12.3. The molecule has 2 aromatic rings. The molecule has 0 bridgehead atoms. The smallest absolute Gasteiger partial charge is 0.298 e. The highest BCUT2D eigenvalue weighted by atomic mass is 32.2. The second-order valence-corrected chi connectivity index (χ2v) is 8.23. The summed E-state index contributed by atoms with van der Waals surface area (Å²) in [5.41, 5.74) is 1.92. The number of rotatable bonds is 2. The van der Waals surface area contributed by atoms with Gasteiger partial charge >= 0.3 is 0 Å². The van der Waals surface area contributed by atoms with E-state index >= 15 is 0 Å². The Morgan fingerprint density at radius 3 is 2.62 bits per heavy atom. The van der Waals surface area contributed by atoms with E-state index in [1.54, 1.807) is 0 Å². The van der Waals surface area contributed by atoms with E-state index in [4.69, 9.17) is 4.42 Å². The van der Waals surface area contributed by atoms with Crippen molar-refractivity contribution in [1.82, 2.24) is 14.2 Å². The molecule has 6 nitrogen and oxygen atoms in total. The number of para-hydroxylation sites is 1. The minimum absolute atomic E-state index is 0.0904. The summed E-state index contributed by atoms with van der Waals surface area (Å²) in [7, 11) is 2.10. The Labute approximate surface area is 146 Å². The predicted octanol–water partition coefficient (Wildman–Crippen LogP) is 3.55. The normalized spacial score (nSPS) is 17.3. The SMILES string of the molecule is CN1CCN(SC(=O)Nc2cccc3oc(C(C)(C)C)nc23)CC1. The van der Waals surface area contributed by atoms with E-state index in [0.29, 0.717) is 22.7 Å². The van der Waals surface area contributed by atoms with Crippen LogP contribution < -0.4 is 5.32 Å². The van der Waals surface area contributed by atoms with Crippen molar-refractivity contribution in [3.8, 4) is 0 Å². The van der Waals surface area contributed by atoms with Crippen LogP contribution in [0.5, 0.6) is 0 Å². The average Bonchev–Trinajstić information content (AvgIpc) is 2.95. The number of carbonyl (C=O) groups is 1. The first-order chi connectivity index (χ1) is 11.3. The molecular weight excluding hydrogens is 324 g/mol. The van der Waals surface area contributed by atoms with Crippen molar-refractivity contribution in [2.45, 2.75) is 26.2 Å². The van der Waals surface area contributed by atoms with Crippen LogP contribution in [-0.2, 0) is 5.41 Å². The number of hydrogen-bond acceptors (Lipinski definition) is 6. The fraction of sp³-hybridized carbons (Fsp3) is 0.529. The topological polar surface area (TPSA) is 61.6 Å². The number of nitrogens with zero attached hydrogens (tertiary/aromatic N) is 3. The molecule has 0 saturated carbocycles. The summed E-state index contributed by atoms with van der Waals surface area (Å²) in [6, 6.07) is 5.61. The molecule has 2 heterocycles. The lowest BCUT2D eigenvalue weighted by molar-refractivity contribution is 0.232. The molecular formula is C17H24N4O2S. The van der Waals surface area contributed by atoms with Gasteiger partial charge in [0.2, 0.25) is 5.89 Å². The van der Waals surface area contributed by atoms with E-state index in [1.165, 1.54) is 11.9 Å². The van der Waals surface area contributed by atoms with Gasteiger partial charge < -0.3 is 14.6 Å². The fourth-order valence-corrected chi connectivity index (χ4v) is 3.24. The van der Waals surface area contributed by atoms with Gasteiger partial charge in [0, 0.05) is 43.5 Å². The molecule has 1 aromatic heterocycles. The van der Waals surface area contributed by atoms with Crippen molar-refractivity contribution >= 4 is 34.0 Å². The van der Waals surface area contributed by atoms with Crippen LogP contribution in [0.2, 0.25) is 0 Å². The molecule has 1 amide bonds. The van der Waals surface area contributed by atoms with Gasteiger partial charge in [0.15, 0.2) is 5.58 Å². The number of aromatic nitrogens is 1. The molecule has 24 heavy (non-hydrogen) atoms. The van der Waals surface area contributed by atoms with Crippen LogP contribution in [0, 0.1) is 0 Å². The van der Waals surface area contributed by atoms with E-state index in [1.807, 2.05) is 18.2 Å². The summed E-state index contributed by atoms with van der Waals surface area (Å²) in [5.74, 6) is 0.672. The largest absolute Gasteiger partial charge is 0.440 e. The van der Waals surface area contributed by atoms with Crippen LogP contribution in [0.3, 0.4) is 0 Å². The molecule has 1 aliphatic heterocycles. The summed E-state index contributed by atoms with van der Waals surface area (Å²) >= 11 is 1.24. The molecule has 130 valence electrons. The molecule has 1 fully saturated rings. The molecule has 1 aliphatic rings. The highest BCUT2D eigenvalue weighted by Gasteiger charge is 2.23. The third-order valence-corrected chi connectivity index (χ3v) is 4.86. The van der Waals surface area contributed by atoms with Crippen molar-refractivity contribution in [1.29, 1.82) is 0 Å². The Kier molecular flexibility index (Phi) is 4.85. The number of carbonyl (C=O) groups excluding carboxylic acids is 1. The molecule has 3 rings (SSSR count). The molecule has 0 unspecified atom stereocenters. The number of nitrogens with one attached hydrogen (secondary N) is 1. The van der Waals surface area contributed by atoms with Gasteiger partial charge in [-0.3, -0.25) is 4.79 Å². The Hall–Kier alpha value is -1.57. The number of amides is 1. The number of hydrogen-bond donors (Lipinski definition) is 1. The molecule has 1 saturated heterocycles. The minimum Gasteiger partial charge on any atom is -0.440 e. The van der Waals surface area contributed by atoms with Crippen LogP contribution >= 0.6 is 11.9 Å². The Bertz CT molecular complexity index is 730. The number of fused-ring (bicyclic) bond motifs is 1. The Morgan fingerprint density at radius 2 is 1.96 bits per heavy atom. The third-order valence-electron chi connectivity index (χ3n) is 3.97. The predicted molar refractivity (Wildman–Crippen MR) is 98.4 cm³/mol. The summed E-state index contributed by atoms with van der Waals surface area (Å²) < 4.78 is 7.93. The van der Waals surface area contributed by atoms with Crippen LogP contribution in [-0.4, -0.2) is 52.7 Å². The summed E-state index contributed by atoms with van der Waals surface area (Å²) in [6.07, 6.45) is 0. The Morgan fingerprint density at radius 1 is 1.25 bits per heavy atom. The first kappa shape index (κ1) is 17.3. The Balaban J connectivity index is 1.72. The van der Waals surface area contributed by atoms with Crippen LogP contribution in [0.15, 0.2) is 22.6 Å². The number of likely N-dealkylation sites (N-methyl/N-ethyl adjacent to an activating group) is 1. The number of anilines is 1. The monoisotopic (exact) mass is 348 g/mol. The third kappa shape index (κ3) is 3.91. The van der Waals surface area contributed by atoms with Crippen molar-refractivity contribution in [2.24, 2.45) is 0 Å². The van der Waals surface area contributed by atoms with Gasteiger partial charge in [0.25, 0.3) is 5.24 Å². The summed E-state index contributed by atoms with van der Waals surface area (Å²) in [6.45, 7) is 9.90. The van der Waals surface area contributed by atoms with E-state index in [-0.39, 0.29) is 10.7 Å². The minimum atomic E-state index is -0.172. The standard InChI is InChI=1S/C17H24N4O2S/c1-17(2,3)15-19-14-12(6-5-7-13(14)23-15)18-16(22)24-21-10-8-20(4)9-11-21/h5-7H,8-11H2,1-4H3,(H,18,22). The van der Waals surface area contributed by atoms with Gasteiger partial charge in [-0.2, -0.15) is 0 Å². The van der Waals surface area contributed by atoms with Gasteiger partial charge in [-0.05, 0) is 19.2 Å². The van der Waals surface area contributed by atoms with Crippen molar-refractivity contribution in [3.05, 3.63) is 24.1 Å². The van der Waals surface area contributed by atoms with Crippen LogP contribution in [0.1, 0.15) is 26.7 Å². The number of benzene rings is 1. The zero-order valence-electron chi connectivity index (χ0n) is 14.6. The second-order valence-electron chi connectivity index (χ2n) is 7.16. The maximum absolute atomic E-state index is 12.3. The van der Waals surface area contributed by atoms with Crippen molar-refractivity contribution in [2.75, 3.05) is 38.5 Å². The summed E-state index contributed by atoms with van der Waals surface area (Å²) in [4.78, 5) is 19.2. The quantitative estimate of drug-likeness (QED) is 0.838. The van der Waals surface area contributed by atoms with Crippen molar-refractivity contribution in [3.63, 3.8) is 0 Å². The van der Waals surface area contributed by atoms with E-state index < -0.39 is 0 Å². The summed E-state index contributed by atoms with van der Waals surface area (Å²) in [5, 5.41) is 2.86. The zero-order valence-corrected chi connectivity index (χ0v) is 15.4. The second kappa shape index (κ2) is 6.74. The van der Waals surface area contributed by atoms with Gasteiger partial charge in [0.05, 0.1) is 5.69 Å². The highest BCUT2D eigenvalue weighted by molar-refractivity contribution is 8.11. The average molecular weight is 348 g/mol. The number of piperazine rings is 1. The maximum Gasteiger partial charge on any atom is 0.298 e.